The Morgan fingerprint density at radius 3 is 2.81 bits per heavy atom. The first-order valence-corrected chi connectivity index (χ1v) is 5.71. The van der Waals surface area contributed by atoms with E-state index in [0.717, 1.165) is 25.3 Å². The molecule has 0 spiro atoms. The fourth-order valence-electron chi connectivity index (χ4n) is 1.42. The van der Waals surface area contributed by atoms with Gasteiger partial charge in [0.15, 0.2) is 5.82 Å². The van der Waals surface area contributed by atoms with Crippen molar-refractivity contribution in [3.8, 4) is 5.88 Å². The first kappa shape index (κ1) is 12.7. The van der Waals surface area contributed by atoms with Crippen LogP contribution >= 0.6 is 0 Å². The number of nitrogens with zero attached hydrogens (tertiary/aromatic N) is 3. The quantitative estimate of drug-likeness (QED) is 0.750. The van der Waals surface area contributed by atoms with Crippen LogP contribution in [0.5, 0.6) is 5.88 Å². The molecular weight excluding hydrogens is 204 g/mol. The molecule has 0 aromatic carbocycles. The molecule has 90 valence electrons. The minimum atomic E-state index is 0.575. The lowest BCUT2D eigenvalue weighted by Crippen LogP contribution is -2.26. The van der Waals surface area contributed by atoms with Crippen LogP contribution in [-0.4, -0.2) is 36.2 Å². The fourth-order valence-corrected chi connectivity index (χ4v) is 1.42. The zero-order valence-corrected chi connectivity index (χ0v) is 10.0. The van der Waals surface area contributed by atoms with Crippen molar-refractivity contribution in [3.05, 3.63) is 12.4 Å². The summed E-state index contributed by atoms with van der Waals surface area (Å²) in [5, 5.41) is 0. The fraction of sp³-hybridized carbons (Fsp3) is 0.636. The van der Waals surface area contributed by atoms with Crippen LogP contribution in [0.1, 0.15) is 20.3 Å². The van der Waals surface area contributed by atoms with E-state index in [4.69, 9.17) is 10.5 Å². The summed E-state index contributed by atoms with van der Waals surface area (Å²) in [6.45, 7) is 7.11. The van der Waals surface area contributed by atoms with Gasteiger partial charge in [0.05, 0.1) is 19.0 Å². The summed E-state index contributed by atoms with van der Waals surface area (Å²) >= 11 is 0. The van der Waals surface area contributed by atoms with Crippen molar-refractivity contribution < 1.29 is 4.74 Å². The van der Waals surface area contributed by atoms with Crippen LogP contribution in [0.4, 0.5) is 5.82 Å². The molecule has 5 heteroatoms. The van der Waals surface area contributed by atoms with Gasteiger partial charge in [-0.3, -0.25) is 4.98 Å². The molecule has 0 atom stereocenters. The van der Waals surface area contributed by atoms with E-state index in [1.54, 1.807) is 12.4 Å². The molecule has 1 aromatic rings. The van der Waals surface area contributed by atoms with Crippen molar-refractivity contribution in [2.45, 2.75) is 20.3 Å². The number of anilines is 1. The van der Waals surface area contributed by atoms with Gasteiger partial charge < -0.3 is 15.4 Å². The Hall–Kier alpha value is -1.36. The van der Waals surface area contributed by atoms with Crippen LogP contribution in [0.2, 0.25) is 0 Å². The molecule has 0 fully saturated rings. The third kappa shape index (κ3) is 3.66. The van der Waals surface area contributed by atoms with E-state index in [-0.39, 0.29) is 0 Å². The monoisotopic (exact) mass is 224 g/mol. The van der Waals surface area contributed by atoms with E-state index in [2.05, 4.69) is 21.8 Å². The summed E-state index contributed by atoms with van der Waals surface area (Å²) in [6, 6.07) is 0. The first-order valence-electron chi connectivity index (χ1n) is 5.71. The maximum absolute atomic E-state index is 5.50. The zero-order valence-electron chi connectivity index (χ0n) is 10.0. The van der Waals surface area contributed by atoms with Crippen molar-refractivity contribution in [2.75, 3.05) is 31.1 Å². The molecule has 0 aliphatic rings. The summed E-state index contributed by atoms with van der Waals surface area (Å²) < 4.78 is 5.32. The second-order valence-corrected chi connectivity index (χ2v) is 3.37. The summed E-state index contributed by atoms with van der Waals surface area (Å²) in [7, 11) is 0. The average Bonchev–Trinajstić information content (AvgIpc) is 2.31. The van der Waals surface area contributed by atoms with Gasteiger partial charge in [-0.2, -0.15) is 4.98 Å². The van der Waals surface area contributed by atoms with Crippen molar-refractivity contribution in [3.63, 3.8) is 0 Å². The van der Waals surface area contributed by atoms with E-state index in [1.807, 2.05) is 6.92 Å². The molecule has 0 radical (unpaired) electrons. The van der Waals surface area contributed by atoms with Crippen LogP contribution < -0.4 is 15.4 Å². The Morgan fingerprint density at radius 1 is 1.38 bits per heavy atom. The van der Waals surface area contributed by atoms with Gasteiger partial charge in [-0.15, -0.1) is 0 Å². The van der Waals surface area contributed by atoms with Gasteiger partial charge in [0, 0.05) is 13.1 Å². The maximum atomic E-state index is 5.50. The molecule has 2 N–H and O–H groups in total. The Labute approximate surface area is 96.6 Å². The molecule has 0 saturated heterocycles. The van der Waals surface area contributed by atoms with Crippen LogP contribution in [0, 0.1) is 0 Å². The molecule has 0 bridgehead atoms. The number of nitrogens with two attached hydrogens (primary N) is 1. The molecule has 0 amide bonds. The summed E-state index contributed by atoms with van der Waals surface area (Å²) in [6.07, 6.45) is 4.33. The van der Waals surface area contributed by atoms with Gasteiger partial charge >= 0.3 is 0 Å². The van der Waals surface area contributed by atoms with E-state index in [9.17, 15) is 0 Å². The third-order valence-electron chi connectivity index (χ3n) is 2.23. The Morgan fingerprint density at radius 2 is 2.19 bits per heavy atom. The molecular formula is C11H20N4O. The largest absolute Gasteiger partial charge is 0.477 e. The van der Waals surface area contributed by atoms with Gasteiger partial charge in [-0.1, -0.05) is 0 Å². The Kier molecular flexibility index (Phi) is 5.56. The van der Waals surface area contributed by atoms with Gasteiger partial charge in [0.2, 0.25) is 5.88 Å². The second kappa shape index (κ2) is 7.00. The van der Waals surface area contributed by atoms with E-state index in [0.29, 0.717) is 19.0 Å². The molecule has 1 aromatic heterocycles. The molecule has 0 unspecified atom stereocenters. The van der Waals surface area contributed by atoms with Crippen molar-refractivity contribution in [1.29, 1.82) is 0 Å². The maximum Gasteiger partial charge on any atom is 0.234 e. The molecule has 0 aliphatic heterocycles. The van der Waals surface area contributed by atoms with Crippen LogP contribution in [-0.2, 0) is 0 Å². The lowest BCUT2D eigenvalue weighted by atomic mass is 10.3. The topological polar surface area (TPSA) is 64.3 Å². The van der Waals surface area contributed by atoms with Crippen LogP contribution in [0.15, 0.2) is 12.4 Å². The minimum absolute atomic E-state index is 0.575. The standard InChI is InChI=1S/C11H20N4O/c1-3-15(7-5-6-12)10-8-13-9-11(14-10)16-4-2/h8-9H,3-7,12H2,1-2H3. The van der Waals surface area contributed by atoms with Crippen molar-refractivity contribution in [1.82, 2.24) is 9.97 Å². The van der Waals surface area contributed by atoms with Gasteiger partial charge in [-0.05, 0) is 26.8 Å². The number of hydrogen-bond acceptors (Lipinski definition) is 5. The van der Waals surface area contributed by atoms with Crippen LogP contribution in [0.3, 0.4) is 0 Å². The van der Waals surface area contributed by atoms with Gasteiger partial charge in [0.1, 0.15) is 0 Å². The zero-order chi connectivity index (χ0) is 11.8. The normalized spacial score (nSPS) is 10.2. The summed E-state index contributed by atoms with van der Waals surface area (Å²) in [4.78, 5) is 10.6. The summed E-state index contributed by atoms with van der Waals surface area (Å²) in [5.41, 5.74) is 5.50. The first-order chi connectivity index (χ1) is 7.81. The van der Waals surface area contributed by atoms with E-state index in [1.165, 1.54) is 0 Å². The molecule has 1 rings (SSSR count). The van der Waals surface area contributed by atoms with Crippen molar-refractivity contribution >= 4 is 5.82 Å². The van der Waals surface area contributed by atoms with Gasteiger partial charge in [-0.25, -0.2) is 0 Å². The third-order valence-corrected chi connectivity index (χ3v) is 2.23. The predicted molar refractivity (Wildman–Crippen MR) is 64.8 cm³/mol. The van der Waals surface area contributed by atoms with E-state index >= 15 is 0 Å². The van der Waals surface area contributed by atoms with E-state index < -0.39 is 0 Å². The highest BCUT2D eigenvalue weighted by Crippen LogP contribution is 2.13. The number of aromatic nitrogens is 2. The number of hydrogen-bond donors (Lipinski definition) is 1. The molecule has 0 saturated carbocycles. The highest BCUT2D eigenvalue weighted by Gasteiger charge is 2.06. The SMILES string of the molecule is CCOc1cncc(N(CC)CCCN)n1. The lowest BCUT2D eigenvalue weighted by molar-refractivity contribution is 0.325. The smallest absolute Gasteiger partial charge is 0.234 e. The number of rotatable bonds is 7. The molecule has 16 heavy (non-hydrogen) atoms. The highest BCUT2D eigenvalue weighted by molar-refractivity contribution is 5.37. The Bertz CT molecular complexity index is 306. The summed E-state index contributed by atoms with van der Waals surface area (Å²) in [5.74, 6) is 1.42. The highest BCUT2D eigenvalue weighted by atomic mass is 16.5. The number of ether oxygens (including phenoxy) is 1. The minimum Gasteiger partial charge on any atom is -0.477 e. The molecule has 1 heterocycles. The molecule has 5 nitrogen and oxygen atoms in total. The molecule has 0 aliphatic carbocycles. The van der Waals surface area contributed by atoms with Crippen molar-refractivity contribution in [2.24, 2.45) is 5.73 Å². The lowest BCUT2D eigenvalue weighted by Gasteiger charge is -2.21. The second-order valence-electron chi connectivity index (χ2n) is 3.37. The Balaban J connectivity index is 2.71. The van der Waals surface area contributed by atoms with Crippen LogP contribution in [0.25, 0.3) is 0 Å². The predicted octanol–water partition coefficient (Wildman–Crippen LogP) is 1.05. The average molecular weight is 224 g/mol. The van der Waals surface area contributed by atoms with Gasteiger partial charge in [0.25, 0.3) is 0 Å².